The van der Waals surface area contributed by atoms with Gasteiger partial charge in [-0.15, -0.1) is 0 Å². The molecule has 0 N–H and O–H groups in total. The Hall–Kier alpha value is -2.79. The van der Waals surface area contributed by atoms with Crippen molar-refractivity contribution in [2.45, 2.75) is 6.92 Å². The lowest BCUT2D eigenvalue weighted by atomic mass is 10.2. The van der Waals surface area contributed by atoms with Crippen LogP contribution in [0.25, 0.3) is 22.2 Å². The second-order valence-corrected chi connectivity index (χ2v) is 5.63. The van der Waals surface area contributed by atoms with Gasteiger partial charge in [0, 0.05) is 10.6 Å². The molecule has 2 heterocycles. The van der Waals surface area contributed by atoms with Gasteiger partial charge in [-0.25, -0.2) is 9.97 Å². The van der Waals surface area contributed by atoms with Crippen molar-refractivity contribution in [3.8, 4) is 0 Å². The molecule has 2 aromatic heterocycles. The van der Waals surface area contributed by atoms with E-state index in [9.17, 15) is 4.79 Å². The molecular formula is C17H11ClN4O. The number of hydrogen-bond acceptors (Lipinski definition) is 4. The Labute approximate surface area is 136 Å². The third-order valence-electron chi connectivity index (χ3n) is 3.63. The van der Waals surface area contributed by atoms with Crippen LogP contribution in [0.2, 0.25) is 5.02 Å². The van der Waals surface area contributed by atoms with E-state index in [0.29, 0.717) is 27.4 Å². The Kier molecular flexibility index (Phi) is 3.09. The fourth-order valence-corrected chi connectivity index (χ4v) is 2.61. The number of halogens is 1. The van der Waals surface area contributed by atoms with Crippen LogP contribution in [-0.4, -0.2) is 25.7 Å². The summed E-state index contributed by atoms with van der Waals surface area (Å²) in [5.74, 6) is -0.260. The van der Waals surface area contributed by atoms with Gasteiger partial charge in [0.15, 0.2) is 5.65 Å². The molecule has 0 amide bonds. The fourth-order valence-electron chi connectivity index (χ4n) is 2.48. The number of carbonyl (C=O) groups excluding carboxylic acids is 1. The molecule has 0 bridgehead atoms. The molecule has 0 aliphatic rings. The third kappa shape index (κ3) is 2.26. The standard InChI is InChI=1S/C17H11ClN4O/c1-10-15-16(20-14-5-3-2-4-13(14)19-15)22(21-10)17(23)11-6-8-12(18)9-7-11/h2-9H,1H3. The zero-order chi connectivity index (χ0) is 16.0. The summed E-state index contributed by atoms with van der Waals surface area (Å²) in [5.41, 5.74) is 3.76. The molecule has 23 heavy (non-hydrogen) atoms. The summed E-state index contributed by atoms with van der Waals surface area (Å²) in [6.45, 7) is 1.82. The van der Waals surface area contributed by atoms with Crippen molar-refractivity contribution < 1.29 is 4.79 Å². The van der Waals surface area contributed by atoms with Crippen LogP contribution < -0.4 is 0 Å². The summed E-state index contributed by atoms with van der Waals surface area (Å²) in [6, 6.07) is 14.2. The van der Waals surface area contributed by atoms with Gasteiger partial charge in [-0.05, 0) is 43.3 Å². The van der Waals surface area contributed by atoms with Crippen molar-refractivity contribution in [1.82, 2.24) is 19.7 Å². The first kappa shape index (κ1) is 13.8. The SMILES string of the molecule is Cc1nn(C(=O)c2ccc(Cl)cc2)c2nc3ccccc3nc12. The van der Waals surface area contributed by atoms with E-state index in [1.54, 1.807) is 24.3 Å². The molecule has 6 heteroatoms. The molecule has 0 saturated heterocycles. The van der Waals surface area contributed by atoms with Crippen molar-refractivity contribution in [1.29, 1.82) is 0 Å². The first-order valence-corrected chi connectivity index (χ1v) is 7.44. The van der Waals surface area contributed by atoms with Gasteiger partial charge in [-0.1, -0.05) is 23.7 Å². The molecule has 4 aromatic rings. The highest BCUT2D eigenvalue weighted by atomic mass is 35.5. The molecule has 0 fully saturated rings. The minimum atomic E-state index is -0.260. The van der Waals surface area contributed by atoms with E-state index in [1.165, 1.54) is 4.68 Å². The van der Waals surface area contributed by atoms with E-state index >= 15 is 0 Å². The minimum absolute atomic E-state index is 0.260. The van der Waals surface area contributed by atoms with E-state index in [-0.39, 0.29) is 5.91 Å². The number of carbonyl (C=O) groups is 1. The topological polar surface area (TPSA) is 60.7 Å². The fraction of sp³-hybridized carbons (Fsp3) is 0.0588. The van der Waals surface area contributed by atoms with Crippen molar-refractivity contribution in [3.05, 3.63) is 64.8 Å². The van der Waals surface area contributed by atoms with Gasteiger partial charge >= 0.3 is 0 Å². The molecule has 0 aliphatic heterocycles. The van der Waals surface area contributed by atoms with E-state index in [1.807, 2.05) is 31.2 Å². The number of fused-ring (bicyclic) bond motifs is 2. The number of nitrogens with zero attached hydrogens (tertiary/aromatic N) is 4. The first-order chi connectivity index (χ1) is 11.1. The van der Waals surface area contributed by atoms with Crippen LogP contribution in [0.5, 0.6) is 0 Å². The average molecular weight is 323 g/mol. The molecule has 112 valence electrons. The molecule has 2 aromatic carbocycles. The first-order valence-electron chi connectivity index (χ1n) is 7.06. The molecule has 0 saturated carbocycles. The van der Waals surface area contributed by atoms with Gasteiger partial charge < -0.3 is 0 Å². The zero-order valence-electron chi connectivity index (χ0n) is 12.2. The largest absolute Gasteiger partial charge is 0.280 e. The van der Waals surface area contributed by atoms with E-state index in [4.69, 9.17) is 11.6 Å². The van der Waals surface area contributed by atoms with E-state index in [0.717, 1.165) is 11.0 Å². The number of para-hydroxylation sites is 2. The Morgan fingerprint density at radius 1 is 1.00 bits per heavy atom. The van der Waals surface area contributed by atoms with Crippen LogP contribution in [0.3, 0.4) is 0 Å². The predicted octanol–water partition coefficient (Wildman–Crippen LogP) is 3.63. The quantitative estimate of drug-likeness (QED) is 0.537. The summed E-state index contributed by atoms with van der Waals surface area (Å²) < 4.78 is 1.30. The molecular weight excluding hydrogens is 312 g/mol. The molecule has 4 rings (SSSR count). The number of rotatable bonds is 1. The lowest BCUT2D eigenvalue weighted by molar-refractivity contribution is 0.0949. The van der Waals surface area contributed by atoms with E-state index < -0.39 is 0 Å². The van der Waals surface area contributed by atoms with Gasteiger partial charge in [-0.3, -0.25) is 4.79 Å². The smallest absolute Gasteiger partial charge is 0.267 e. The molecule has 0 atom stereocenters. The van der Waals surface area contributed by atoms with Gasteiger partial charge in [0.2, 0.25) is 0 Å². The maximum Gasteiger partial charge on any atom is 0.280 e. The van der Waals surface area contributed by atoms with Gasteiger partial charge in [0.05, 0.1) is 16.7 Å². The second-order valence-electron chi connectivity index (χ2n) is 5.19. The number of hydrogen-bond donors (Lipinski definition) is 0. The van der Waals surface area contributed by atoms with Crippen LogP contribution in [0, 0.1) is 6.92 Å². The zero-order valence-corrected chi connectivity index (χ0v) is 12.9. The van der Waals surface area contributed by atoms with Crippen LogP contribution in [0.1, 0.15) is 16.1 Å². The Morgan fingerprint density at radius 3 is 2.35 bits per heavy atom. The Bertz CT molecular complexity index is 1050. The normalized spacial score (nSPS) is 11.2. The molecule has 0 unspecified atom stereocenters. The lowest BCUT2D eigenvalue weighted by Gasteiger charge is -2.03. The highest BCUT2D eigenvalue weighted by molar-refractivity contribution is 6.30. The van der Waals surface area contributed by atoms with Gasteiger partial charge in [0.25, 0.3) is 5.91 Å². The second kappa shape index (κ2) is 5.14. The van der Waals surface area contributed by atoms with Crippen LogP contribution >= 0.6 is 11.6 Å². The number of aromatic nitrogens is 4. The molecule has 0 spiro atoms. The summed E-state index contributed by atoms with van der Waals surface area (Å²) in [5, 5.41) is 4.90. The maximum atomic E-state index is 12.7. The lowest BCUT2D eigenvalue weighted by Crippen LogP contribution is -2.14. The van der Waals surface area contributed by atoms with Crippen molar-refractivity contribution in [2.24, 2.45) is 0 Å². The molecule has 0 radical (unpaired) electrons. The predicted molar refractivity (Wildman–Crippen MR) is 88.7 cm³/mol. The number of aryl methyl sites for hydroxylation is 1. The van der Waals surface area contributed by atoms with Gasteiger partial charge in [-0.2, -0.15) is 9.78 Å². The summed E-state index contributed by atoms with van der Waals surface area (Å²) in [7, 11) is 0. The van der Waals surface area contributed by atoms with E-state index in [2.05, 4.69) is 15.1 Å². The van der Waals surface area contributed by atoms with Crippen molar-refractivity contribution >= 4 is 39.7 Å². The average Bonchev–Trinajstić information content (AvgIpc) is 2.89. The monoisotopic (exact) mass is 322 g/mol. The molecule has 5 nitrogen and oxygen atoms in total. The van der Waals surface area contributed by atoms with Crippen LogP contribution in [0.4, 0.5) is 0 Å². The van der Waals surface area contributed by atoms with Crippen LogP contribution in [-0.2, 0) is 0 Å². The van der Waals surface area contributed by atoms with Crippen LogP contribution in [0.15, 0.2) is 48.5 Å². The Balaban J connectivity index is 1.94. The third-order valence-corrected chi connectivity index (χ3v) is 3.88. The summed E-state index contributed by atoms with van der Waals surface area (Å²) >= 11 is 5.87. The molecule has 0 aliphatic carbocycles. The highest BCUT2D eigenvalue weighted by Gasteiger charge is 2.18. The summed E-state index contributed by atoms with van der Waals surface area (Å²) in [4.78, 5) is 21.8. The maximum absolute atomic E-state index is 12.7. The number of benzene rings is 2. The summed E-state index contributed by atoms with van der Waals surface area (Å²) in [6.07, 6.45) is 0. The minimum Gasteiger partial charge on any atom is -0.267 e. The highest BCUT2D eigenvalue weighted by Crippen LogP contribution is 2.20. The van der Waals surface area contributed by atoms with Crippen molar-refractivity contribution in [2.75, 3.05) is 0 Å². The van der Waals surface area contributed by atoms with Crippen molar-refractivity contribution in [3.63, 3.8) is 0 Å². The Morgan fingerprint density at radius 2 is 1.65 bits per heavy atom. The van der Waals surface area contributed by atoms with Gasteiger partial charge in [0.1, 0.15) is 5.52 Å².